The van der Waals surface area contributed by atoms with Gasteiger partial charge in [0, 0.05) is 23.1 Å². The van der Waals surface area contributed by atoms with E-state index in [9.17, 15) is 4.79 Å². The Morgan fingerprint density at radius 3 is 2.82 bits per heavy atom. The second kappa shape index (κ2) is 6.65. The first-order valence-corrected chi connectivity index (χ1v) is 8.55. The van der Waals surface area contributed by atoms with Gasteiger partial charge in [0.25, 0.3) is 0 Å². The monoisotopic (exact) mass is 361 g/mol. The fourth-order valence-corrected chi connectivity index (χ4v) is 3.36. The van der Waals surface area contributed by atoms with Crippen LogP contribution in [0.25, 0.3) is 11.3 Å². The van der Waals surface area contributed by atoms with E-state index in [0.717, 1.165) is 29.4 Å². The van der Waals surface area contributed by atoms with Crippen molar-refractivity contribution in [2.75, 3.05) is 0 Å². The smallest absolute Gasteiger partial charge is 0.219 e. The second-order valence-electron chi connectivity index (χ2n) is 5.75. The van der Waals surface area contributed by atoms with Crippen LogP contribution in [-0.2, 0) is 4.79 Å². The lowest BCUT2D eigenvalue weighted by atomic mass is 10.1. The summed E-state index contributed by atoms with van der Waals surface area (Å²) in [4.78, 5) is 11.5. The number of rotatable bonds is 4. The quantitative estimate of drug-likeness (QED) is 0.896. The zero-order chi connectivity index (χ0) is 15.5. The van der Waals surface area contributed by atoms with Gasteiger partial charge in [-0.15, -0.1) is 0 Å². The Morgan fingerprint density at radius 2 is 2.09 bits per heavy atom. The predicted octanol–water partition coefficient (Wildman–Crippen LogP) is 3.93. The van der Waals surface area contributed by atoms with Crippen LogP contribution in [0.3, 0.4) is 0 Å². The van der Waals surface area contributed by atoms with Crippen molar-refractivity contribution in [2.45, 2.75) is 44.7 Å². The lowest BCUT2D eigenvalue weighted by molar-refractivity contribution is -0.121. The van der Waals surface area contributed by atoms with Gasteiger partial charge in [-0.25, -0.2) is 0 Å². The summed E-state index contributed by atoms with van der Waals surface area (Å²) in [5.74, 6) is 0.138. The van der Waals surface area contributed by atoms with E-state index in [4.69, 9.17) is 0 Å². The summed E-state index contributed by atoms with van der Waals surface area (Å²) in [7, 11) is 0. The minimum Gasteiger partial charge on any atom is -0.353 e. The number of hydrogen-bond donors (Lipinski definition) is 1. The molecular formula is C17H20BrN3O. The fourth-order valence-electron chi connectivity index (χ4n) is 3.10. The SMILES string of the molecule is CCC(=O)N[C@H]1CC[C@@H](n2nccc2-c2ccc(Br)cc2)C1. The first-order chi connectivity index (χ1) is 10.7. The maximum Gasteiger partial charge on any atom is 0.219 e. The molecule has 5 heteroatoms. The van der Waals surface area contributed by atoms with Gasteiger partial charge in [0.05, 0.1) is 11.7 Å². The van der Waals surface area contributed by atoms with Crippen molar-refractivity contribution in [3.05, 3.63) is 41.0 Å². The van der Waals surface area contributed by atoms with Gasteiger partial charge in [-0.3, -0.25) is 9.48 Å². The van der Waals surface area contributed by atoms with Crippen molar-refractivity contribution in [2.24, 2.45) is 0 Å². The molecule has 1 aliphatic carbocycles. The molecule has 1 amide bonds. The average molecular weight is 362 g/mol. The Morgan fingerprint density at radius 1 is 1.32 bits per heavy atom. The van der Waals surface area contributed by atoms with Crippen LogP contribution in [0, 0.1) is 0 Å². The maximum atomic E-state index is 11.5. The third-order valence-electron chi connectivity index (χ3n) is 4.25. The van der Waals surface area contributed by atoms with Crippen LogP contribution in [0.15, 0.2) is 41.0 Å². The highest BCUT2D eigenvalue weighted by molar-refractivity contribution is 9.10. The van der Waals surface area contributed by atoms with E-state index in [-0.39, 0.29) is 11.9 Å². The lowest BCUT2D eigenvalue weighted by Gasteiger charge is -2.16. The van der Waals surface area contributed by atoms with E-state index in [2.05, 4.69) is 49.2 Å². The molecular weight excluding hydrogens is 342 g/mol. The van der Waals surface area contributed by atoms with Crippen molar-refractivity contribution in [3.8, 4) is 11.3 Å². The summed E-state index contributed by atoms with van der Waals surface area (Å²) in [6, 6.07) is 11.0. The molecule has 116 valence electrons. The predicted molar refractivity (Wildman–Crippen MR) is 90.5 cm³/mol. The zero-order valence-electron chi connectivity index (χ0n) is 12.6. The number of aromatic nitrogens is 2. The summed E-state index contributed by atoms with van der Waals surface area (Å²) in [6.45, 7) is 1.89. The molecule has 0 spiro atoms. The molecule has 4 nitrogen and oxygen atoms in total. The first-order valence-electron chi connectivity index (χ1n) is 7.76. The number of nitrogens with one attached hydrogen (secondary N) is 1. The number of hydrogen-bond acceptors (Lipinski definition) is 2. The van der Waals surface area contributed by atoms with Crippen LogP contribution >= 0.6 is 15.9 Å². The number of halogens is 1. The summed E-state index contributed by atoms with van der Waals surface area (Å²) >= 11 is 3.47. The van der Waals surface area contributed by atoms with Crippen LogP contribution < -0.4 is 5.32 Å². The molecule has 2 aromatic rings. The van der Waals surface area contributed by atoms with E-state index in [0.29, 0.717) is 12.5 Å². The maximum absolute atomic E-state index is 11.5. The van der Waals surface area contributed by atoms with Crippen LogP contribution in [0.5, 0.6) is 0 Å². The molecule has 0 aliphatic heterocycles. The summed E-state index contributed by atoms with van der Waals surface area (Å²) in [5, 5.41) is 7.62. The van der Waals surface area contributed by atoms with E-state index >= 15 is 0 Å². The number of benzene rings is 1. The van der Waals surface area contributed by atoms with Gasteiger partial charge in [-0.05, 0) is 43.0 Å². The molecule has 3 rings (SSSR count). The fraction of sp³-hybridized carbons (Fsp3) is 0.412. The normalized spacial score (nSPS) is 21.0. The Labute approximate surface area is 139 Å². The van der Waals surface area contributed by atoms with Crippen LogP contribution in [-0.4, -0.2) is 21.7 Å². The van der Waals surface area contributed by atoms with Gasteiger partial charge >= 0.3 is 0 Å². The largest absolute Gasteiger partial charge is 0.353 e. The third-order valence-corrected chi connectivity index (χ3v) is 4.78. The van der Waals surface area contributed by atoms with Crippen molar-refractivity contribution in [1.82, 2.24) is 15.1 Å². The number of nitrogens with zero attached hydrogens (tertiary/aromatic N) is 2. The molecule has 1 N–H and O–H groups in total. The van der Waals surface area contributed by atoms with E-state index in [1.807, 2.05) is 25.3 Å². The standard InChI is InChI=1S/C17H20BrN3O/c1-2-17(22)20-14-7-8-15(11-14)21-16(9-10-19-21)12-3-5-13(18)6-4-12/h3-6,9-10,14-15H,2,7-8,11H2,1H3,(H,20,22)/t14-,15+/m0/s1. The Kier molecular flexibility index (Phi) is 4.62. The molecule has 0 saturated heterocycles. The molecule has 1 saturated carbocycles. The molecule has 1 aromatic heterocycles. The van der Waals surface area contributed by atoms with Gasteiger partial charge in [-0.1, -0.05) is 35.0 Å². The van der Waals surface area contributed by atoms with Crippen molar-refractivity contribution in [1.29, 1.82) is 0 Å². The Balaban J connectivity index is 1.75. The molecule has 0 radical (unpaired) electrons. The average Bonchev–Trinajstić information content (AvgIpc) is 3.16. The molecule has 1 aromatic carbocycles. The zero-order valence-corrected chi connectivity index (χ0v) is 14.2. The highest BCUT2D eigenvalue weighted by atomic mass is 79.9. The second-order valence-corrected chi connectivity index (χ2v) is 6.67. The molecule has 22 heavy (non-hydrogen) atoms. The molecule has 1 fully saturated rings. The van der Waals surface area contributed by atoms with Gasteiger partial charge in [-0.2, -0.15) is 5.10 Å². The van der Waals surface area contributed by atoms with E-state index < -0.39 is 0 Å². The Bertz CT molecular complexity index is 650. The van der Waals surface area contributed by atoms with Gasteiger partial charge in [0.2, 0.25) is 5.91 Å². The van der Waals surface area contributed by atoms with Gasteiger partial charge in [0.15, 0.2) is 0 Å². The highest BCUT2D eigenvalue weighted by Crippen LogP contribution is 2.33. The van der Waals surface area contributed by atoms with Crippen molar-refractivity contribution in [3.63, 3.8) is 0 Å². The third kappa shape index (κ3) is 3.24. The van der Waals surface area contributed by atoms with E-state index in [1.165, 1.54) is 5.56 Å². The van der Waals surface area contributed by atoms with Crippen molar-refractivity contribution >= 4 is 21.8 Å². The minimum atomic E-state index is 0.138. The number of amides is 1. The van der Waals surface area contributed by atoms with Crippen LogP contribution in [0.1, 0.15) is 38.6 Å². The van der Waals surface area contributed by atoms with E-state index in [1.54, 1.807) is 0 Å². The molecule has 0 bridgehead atoms. The number of carbonyl (C=O) groups is 1. The minimum absolute atomic E-state index is 0.138. The van der Waals surface area contributed by atoms with Crippen molar-refractivity contribution < 1.29 is 4.79 Å². The van der Waals surface area contributed by atoms with Gasteiger partial charge in [0.1, 0.15) is 0 Å². The molecule has 1 aliphatic rings. The molecule has 0 unspecified atom stereocenters. The topological polar surface area (TPSA) is 46.9 Å². The number of carbonyl (C=O) groups excluding carboxylic acids is 1. The van der Waals surface area contributed by atoms with Crippen LogP contribution in [0.2, 0.25) is 0 Å². The summed E-state index contributed by atoms with van der Waals surface area (Å²) < 4.78 is 3.19. The summed E-state index contributed by atoms with van der Waals surface area (Å²) in [5.41, 5.74) is 2.31. The van der Waals surface area contributed by atoms with Gasteiger partial charge < -0.3 is 5.32 Å². The highest BCUT2D eigenvalue weighted by Gasteiger charge is 2.28. The first kappa shape index (κ1) is 15.3. The molecule has 1 heterocycles. The summed E-state index contributed by atoms with van der Waals surface area (Å²) in [6.07, 6.45) is 5.44. The molecule has 2 atom stereocenters. The Hall–Kier alpha value is -1.62. The van der Waals surface area contributed by atoms with Crippen LogP contribution in [0.4, 0.5) is 0 Å². The lowest BCUT2D eigenvalue weighted by Crippen LogP contribution is -2.32.